The number of rotatable bonds is 6. The number of thiophene rings is 1. The summed E-state index contributed by atoms with van der Waals surface area (Å²) in [6.07, 6.45) is 3.04. The summed E-state index contributed by atoms with van der Waals surface area (Å²) < 4.78 is 5.59. The van der Waals surface area contributed by atoms with E-state index in [-0.39, 0.29) is 29.9 Å². The minimum Gasteiger partial charge on any atom is -0.444 e. The highest BCUT2D eigenvalue weighted by atomic mass is 127. The maximum Gasteiger partial charge on any atom is 0.226 e. The van der Waals surface area contributed by atoms with Crippen molar-refractivity contribution in [2.24, 2.45) is 4.99 Å². The molecule has 32 heavy (non-hydrogen) atoms. The van der Waals surface area contributed by atoms with Crippen LogP contribution >= 0.6 is 35.3 Å². The number of guanidine groups is 1. The lowest BCUT2D eigenvalue weighted by molar-refractivity contribution is -0.131. The van der Waals surface area contributed by atoms with Crippen LogP contribution in [0.15, 0.2) is 51.4 Å². The largest absolute Gasteiger partial charge is 0.444 e. The predicted molar refractivity (Wildman–Crippen MR) is 138 cm³/mol. The van der Waals surface area contributed by atoms with Gasteiger partial charge in [0.2, 0.25) is 11.8 Å². The third kappa shape index (κ3) is 6.10. The van der Waals surface area contributed by atoms with Crippen LogP contribution in [0, 0.1) is 6.92 Å². The second-order valence-electron chi connectivity index (χ2n) is 7.55. The van der Waals surface area contributed by atoms with E-state index in [4.69, 9.17) is 4.42 Å². The van der Waals surface area contributed by atoms with Gasteiger partial charge in [0.25, 0.3) is 0 Å². The number of halogens is 1. The Morgan fingerprint density at radius 2 is 2.06 bits per heavy atom. The molecule has 170 valence electrons. The van der Waals surface area contributed by atoms with Gasteiger partial charge in [-0.05, 0) is 42.5 Å². The Labute approximate surface area is 209 Å². The van der Waals surface area contributed by atoms with Gasteiger partial charge in [-0.15, -0.1) is 35.3 Å². The standard InChI is InChI=1S/C23H27N5O2S.HI/c1-16-3-5-17(6-4-16)22-27-19(15-30-22)13-26-23(24-2)25-10-7-21(29)28-11-8-20-18(14-28)9-12-31-20;/h3-6,9,12,15H,7-8,10-11,13-14H2,1-2H3,(H2,24,25,26);1H. The second kappa shape index (κ2) is 11.5. The summed E-state index contributed by atoms with van der Waals surface area (Å²) in [4.78, 5) is 24.6. The molecule has 0 fully saturated rings. The molecule has 0 spiro atoms. The Morgan fingerprint density at radius 1 is 1.25 bits per heavy atom. The minimum atomic E-state index is 0. The number of nitrogens with one attached hydrogen (secondary N) is 2. The number of carbonyl (C=O) groups excluding carboxylic acids is 1. The Kier molecular flexibility index (Phi) is 8.68. The van der Waals surface area contributed by atoms with Gasteiger partial charge in [0, 0.05) is 43.5 Å². The van der Waals surface area contributed by atoms with Crippen LogP contribution in [-0.2, 0) is 24.3 Å². The van der Waals surface area contributed by atoms with E-state index in [9.17, 15) is 4.79 Å². The topological polar surface area (TPSA) is 82.8 Å². The van der Waals surface area contributed by atoms with Crippen molar-refractivity contribution >= 4 is 47.2 Å². The number of benzene rings is 1. The molecule has 1 aromatic carbocycles. The summed E-state index contributed by atoms with van der Waals surface area (Å²) in [6, 6.07) is 10.2. The van der Waals surface area contributed by atoms with Crippen LogP contribution in [0.25, 0.3) is 11.5 Å². The van der Waals surface area contributed by atoms with Gasteiger partial charge in [0.1, 0.15) is 6.26 Å². The van der Waals surface area contributed by atoms with E-state index >= 15 is 0 Å². The van der Waals surface area contributed by atoms with Crippen LogP contribution < -0.4 is 10.6 Å². The fourth-order valence-corrected chi connectivity index (χ4v) is 4.41. The third-order valence-corrected chi connectivity index (χ3v) is 6.33. The van der Waals surface area contributed by atoms with Gasteiger partial charge in [-0.2, -0.15) is 0 Å². The van der Waals surface area contributed by atoms with Gasteiger partial charge in [0.15, 0.2) is 5.96 Å². The van der Waals surface area contributed by atoms with Crippen LogP contribution in [0.5, 0.6) is 0 Å². The molecule has 1 aliphatic rings. The number of hydrogen-bond acceptors (Lipinski definition) is 5. The maximum absolute atomic E-state index is 12.5. The molecule has 0 saturated heterocycles. The molecular weight excluding hydrogens is 537 g/mol. The van der Waals surface area contributed by atoms with Crippen molar-refractivity contribution < 1.29 is 9.21 Å². The maximum atomic E-state index is 12.5. The van der Waals surface area contributed by atoms with Crippen LogP contribution in [0.3, 0.4) is 0 Å². The normalized spacial score (nSPS) is 13.3. The quantitative estimate of drug-likeness (QED) is 0.269. The molecular formula is C23H28IN5O2S. The molecule has 2 aromatic heterocycles. The smallest absolute Gasteiger partial charge is 0.226 e. The van der Waals surface area contributed by atoms with E-state index in [1.165, 1.54) is 16.0 Å². The first-order valence-electron chi connectivity index (χ1n) is 10.4. The molecule has 1 aliphatic heterocycles. The van der Waals surface area contributed by atoms with Crippen molar-refractivity contribution in [1.29, 1.82) is 0 Å². The summed E-state index contributed by atoms with van der Waals surface area (Å²) in [5.74, 6) is 1.39. The first-order valence-corrected chi connectivity index (χ1v) is 11.3. The zero-order valence-corrected chi connectivity index (χ0v) is 21.4. The molecule has 7 nitrogen and oxygen atoms in total. The fraction of sp³-hybridized carbons (Fsp3) is 0.348. The molecule has 0 unspecified atom stereocenters. The number of amides is 1. The van der Waals surface area contributed by atoms with E-state index in [0.29, 0.717) is 31.4 Å². The highest BCUT2D eigenvalue weighted by molar-refractivity contribution is 14.0. The molecule has 3 aromatic rings. The number of nitrogens with zero attached hydrogens (tertiary/aromatic N) is 3. The molecule has 3 heterocycles. The van der Waals surface area contributed by atoms with Gasteiger partial charge in [-0.25, -0.2) is 4.98 Å². The summed E-state index contributed by atoms with van der Waals surface area (Å²) in [5.41, 5.74) is 4.22. The Bertz CT molecular complexity index is 1060. The third-order valence-electron chi connectivity index (χ3n) is 5.30. The Balaban J connectivity index is 0.00000289. The first-order chi connectivity index (χ1) is 15.1. The number of carbonyl (C=O) groups is 1. The summed E-state index contributed by atoms with van der Waals surface area (Å²) in [5, 5.41) is 8.52. The van der Waals surface area contributed by atoms with Crippen molar-refractivity contribution in [2.75, 3.05) is 20.1 Å². The molecule has 0 atom stereocenters. The number of aromatic nitrogens is 1. The number of aliphatic imine (C=N–C) groups is 1. The Morgan fingerprint density at radius 3 is 2.84 bits per heavy atom. The van der Waals surface area contributed by atoms with E-state index in [1.807, 2.05) is 36.1 Å². The van der Waals surface area contributed by atoms with Crippen molar-refractivity contribution in [3.05, 3.63) is 63.7 Å². The fourth-order valence-electron chi connectivity index (χ4n) is 3.52. The monoisotopic (exact) mass is 565 g/mol. The number of hydrogen-bond donors (Lipinski definition) is 2. The summed E-state index contributed by atoms with van der Waals surface area (Å²) in [6.45, 7) is 4.58. The van der Waals surface area contributed by atoms with Gasteiger partial charge in [-0.1, -0.05) is 17.7 Å². The molecule has 0 radical (unpaired) electrons. The highest BCUT2D eigenvalue weighted by Crippen LogP contribution is 2.24. The number of oxazole rings is 1. The van der Waals surface area contributed by atoms with Crippen molar-refractivity contribution in [3.63, 3.8) is 0 Å². The summed E-state index contributed by atoms with van der Waals surface area (Å²) >= 11 is 1.78. The highest BCUT2D eigenvalue weighted by Gasteiger charge is 2.21. The van der Waals surface area contributed by atoms with Crippen LogP contribution in [0.2, 0.25) is 0 Å². The molecule has 4 rings (SSSR count). The molecule has 2 N–H and O–H groups in total. The van der Waals surface area contributed by atoms with Crippen LogP contribution in [-0.4, -0.2) is 41.9 Å². The lowest BCUT2D eigenvalue weighted by atomic mass is 10.1. The predicted octanol–water partition coefficient (Wildman–Crippen LogP) is 3.97. The van der Waals surface area contributed by atoms with Crippen molar-refractivity contribution in [1.82, 2.24) is 20.5 Å². The van der Waals surface area contributed by atoms with Gasteiger partial charge in [-0.3, -0.25) is 9.79 Å². The van der Waals surface area contributed by atoms with Crippen molar-refractivity contribution in [3.8, 4) is 11.5 Å². The Hall–Kier alpha value is -2.40. The van der Waals surface area contributed by atoms with Gasteiger partial charge in [0.05, 0.1) is 12.2 Å². The average Bonchev–Trinajstić information content (AvgIpc) is 3.45. The zero-order chi connectivity index (χ0) is 21.6. The molecule has 9 heteroatoms. The van der Waals surface area contributed by atoms with E-state index in [1.54, 1.807) is 24.6 Å². The van der Waals surface area contributed by atoms with E-state index < -0.39 is 0 Å². The molecule has 0 aliphatic carbocycles. The van der Waals surface area contributed by atoms with Crippen LogP contribution in [0.1, 0.15) is 28.1 Å². The van der Waals surface area contributed by atoms with Gasteiger partial charge >= 0.3 is 0 Å². The molecule has 0 saturated carbocycles. The SMILES string of the molecule is CN=C(NCCC(=O)N1CCc2sccc2C1)NCc1coc(-c2ccc(C)cc2)n1.I. The first kappa shape index (κ1) is 24.2. The van der Waals surface area contributed by atoms with E-state index in [2.05, 4.69) is 32.1 Å². The lowest BCUT2D eigenvalue weighted by Gasteiger charge is -2.27. The molecule has 1 amide bonds. The average molecular weight is 565 g/mol. The minimum absolute atomic E-state index is 0. The number of fused-ring (bicyclic) bond motifs is 1. The van der Waals surface area contributed by atoms with E-state index in [0.717, 1.165) is 30.8 Å². The second-order valence-corrected chi connectivity index (χ2v) is 8.55. The summed E-state index contributed by atoms with van der Waals surface area (Å²) in [7, 11) is 1.71. The van der Waals surface area contributed by atoms with Crippen LogP contribution in [0.4, 0.5) is 0 Å². The van der Waals surface area contributed by atoms with Crippen molar-refractivity contribution in [2.45, 2.75) is 32.9 Å². The lowest BCUT2D eigenvalue weighted by Crippen LogP contribution is -2.40. The van der Waals surface area contributed by atoms with Gasteiger partial charge < -0.3 is 20.0 Å². The zero-order valence-electron chi connectivity index (χ0n) is 18.3. The molecule has 0 bridgehead atoms. The number of aryl methyl sites for hydroxylation is 1.